The number of carbonyl (C=O) groups excluding carboxylic acids is 1. The number of rotatable bonds is 8. The minimum atomic E-state index is -1.50. The zero-order chi connectivity index (χ0) is 23.6. The van der Waals surface area contributed by atoms with Crippen LogP contribution in [0.3, 0.4) is 0 Å². The van der Waals surface area contributed by atoms with Gasteiger partial charge in [-0.2, -0.15) is 5.26 Å². The van der Waals surface area contributed by atoms with Crippen molar-refractivity contribution >= 4 is 23.4 Å². The molecule has 1 aliphatic carbocycles. The lowest BCUT2D eigenvalue weighted by molar-refractivity contribution is -0.108. The van der Waals surface area contributed by atoms with E-state index in [4.69, 9.17) is 14.2 Å². The van der Waals surface area contributed by atoms with Gasteiger partial charge in [0, 0.05) is 64.6 Å². The fourth-order valence-corrected chi connectivity index (χ4v) is 4.21. The van der Waals surface area contributed by atoms with Crippen molar-refractivity contribution in [2.75, 3.05) is 50.0 Å². The molecule has 2 amide bonds. The van der Waals surface area contributed by atoms with E-state index >= 15 is 4.39 Å². The molecule has 2 aromatic rings. The van der Waals surface area contributed by atoms with Gasteiger partial charge in [0.05, 0.1) is 23.6 Å². The molecule has 4 heterocycles. The van der Waals surface area contributed by atoms with Crippen LogP contribution in [0.15, 0.2) is 24.4 Å². The van der Waals surface area contributed by atoms with Crippen molar-refractivity contribution in [3.05, 3.63) is 41.2 Å². The number of ether oxygens (including phenoxy) is 3. The lowest BCUT2D eigenvalue weighted by Crippen LogP contribution is -2.60. The van der Waals surface area contributed by atoms with Crippen LogP contribution >= 0.6 is 0 Å². The zero-order valence-corrected chi connectivity index (χ0v) is 18.6. The Balaban J connectivity index is 1.61. The van der Waals surface area contributed by atoms with Gasteiger partial charge in [0.25, 0.3) is 0 Å². The fourth-order valence-electron chi connectivity index (χ4n) is 4.21. The molecule has 174 valence electrons. The number of carbonyl (C=O) groups is 1. The highest BCUT2D eigenvalue weighted by molar-refractivity contribution is 6.02. The Morgan fingerprint density at radius 1 is 1.36 bits per heavy atom. The third-order valence-electron chi connectivity index (χ3n) is 5.86. The van der Waals surface area contributed by atoms with Crippen LogP contribution in [-0.2, 0) is 19.9 Å². The predicted molar refractivity (Wildman–Crippen MR) is 118 cm³/mol. The Kier molecular flexibility index (Phi) is 6.42. The average Bonchev–Trinajstić information content (AvgIpc) is 2.79. The maximum Gasteiger partial charge on any atom is 0.328 e. The number of halogens is 1. The van der Waals surface area contributed by atoms with E-state index in [1.54, 1.807) is 25.3 Å². The Bertz CT molecular complexity index is 1080. The Morgan fingerprint density at radius 3 is 2.79 bits per heavy atom. The summed E-state index contributed by atoms with van der Waals surface area (Å²) in [7, 11) is 4.53. The molecular weight excluding hydrogens is 431 g/mol. The first-order chi connectivity index (χ1) is 15.9. The van der Waals surface area contributed by atoms with E-state index in [-0.39, 0.29) is 30.5 Å². The predicted octanol–water partition coefficient (Wildman–Crippen LogP) is 3.08. The topological polar surface area (TPSA) is 122 Å². The second-order valence-corrected chi connectivity index (χ2v) is 7.88. The molecule has 1 fully saturated rings. The molecule has 0 saturated heterocycles. The van der Waals surface area contributed by atoms with Gasteiger partial charge in [-0.25, -0.2) is 19.2 Å². The normalized spacial score (nSPS) is 20.6. The number of nitriles is 1. The van der Waals surface area contributed by atoms with E-state index in [9.17, 15) is 10.1 Å². The third kappa shape index (κ3) is 4.20. The van der Waals surface area contributed by atoms with E-state index in [2.05, 4.69) is 26.7 Å². The average molecular weight is 456 g/mol. The molecule has 5 rings (SSSR count). The van der Waals surface area contributed by atoms with Crippen molar-refractivity contribution in [1.82, 2.24) is 9.97 Å². The van der Waals surface area contributed by atoms with Crippen LogP contribution in [0.4, 0.5) is 26.5 Å². The molecule has 0 spiro atoms. The molecule has 0 atom stereocenters. The van der Waals surface area contributed by atoms with Crippen LogP contribution in [0, 0.1) is 11.3 Å². The van der Waals surface area contributed by atoms with Gasteiger partial charge in [-0.05, 0) is 6.07 Å². The standard InChI is InChI=1S/C22H25FN6O4/c1-31-7-6-25-17-8-18(26-12-13(17)11-24)28-21(30)29-14-9-22(23,10-14)15-4-5-16(27-19(15)29)20(32-2)33-3/h4-5,8,12,14,20H,6-7,9-10H2,1-3H3,(H2,25,26,28,30). The summed E-state index contributed by atoms with van der Waals surface area (Å²) in [6.07, 6.45) is 1.05. The minimum absolute atomic E-state index is 0.205. The highest BCUT2D eigenvalue weighted by Crippen LogP contribution is 2.55. The Labute approximate surface area is 190 Å². The largest absolute Gasteiger partial charge is 0.383 e. The highest BCUT2D eigenvalue weighted by atomic mass is 19.1. The summed E-state index contributed by atoms with van der Waals surface area (Å²) in [5, 5.41) is 15.2. The van der Waals surface area contributed by atoms with Crippen molar-refractivity contribution in [1.29, 1.82) is 5.26 Å². The summed E-state index contributed by atoms with van der Waals surface area (Å²) in [6, 6.07) is 6.10. The molecule has 0 radical (unpaired) electrons. The highest BCUT2D eigenvalue weighted by Gasteiger charge is 2.57. The van der Waals surface area contributed by atoms with Crippen LogP contribution in [0.2, 0.25) is 0 Å². The second kappa shape index (κ2) is 9.27. The zero-order valence-electron chi connectivity index (χ0n) is 18.6. The number of pyridine rings is 2. The van der Waals surface area contributed by atoms with Crippen molar-refractivity contribution in [3.8, 4) is 6.07 Å². The number of alkyl halides is 1. The number of nitrogens with one attached hydrogen (secondary N) is 2. The summed E-state index contributed by atoms with van der Waals surface area (Å²) in [5.41, 5.74) is 0.161. The summed E-state index contributed by atoms with van der Waals surface area (Å²) in [6.45, 7) is 0.930. The SMILES string of the molecule is COCCNc1cc(NC(=O)N2c3nc(C(OC)OC)ccc3C3(F)CC2C3)ncc1C#N. The molecule has 1 saturated carbocycles. The van der Waals surface area contributed by atoms with Crippen molar-refractivity contribution in [3.63, 3.8) is 0 Å². The summed E-state index contributed by atoms with van der Waals surface area (Å²) < 4.78 is 30.8. The number of amides is 2. The van der Waals surface area contributed by atoms with Crippen LogP contribution < -0.4 is 15.5 Å². The van der Waals surface area contributed by atoms with Gasteiger partial charge in [-0.15, -0.1) is 0 Å². The number of anilines is 3. The van der Waals surface area contributed by atoms with E-state index in [0.717, 1.165) is 0 Å². The molecule has 11 heteroatoms. The number of hydrogen-bond acceptors (Lipinski definition) is 8. The molecule has 3 aliphatic rings. The monoisotopic (exact) mass is 456 g/mol. The van der Waals surface area contributed by atoms with Crippen molar-refractivity contribution in [2.45, 2.75) is 30.8 Å². The maximum absolute atomic E-state index is 15.3. The van der Waals surface area contributed by atoms with Gasteiger partial charge in [0.1, 0.15) is 23.4 Å². The number of hydrogen-bond donors (Lipinski definition) is 2. The van der Waals surface area contributed by atoms with E-state index in [1.165, 1.54) is 25.3 Å². The maximum atomic E-state index is 15.3. The molecule has 2 bridgehead atoms. The molecule has 0 aromatic carbocycles. The Hall–Kier alpha value is -3.33. The van der Waals surface area contributed by atoms with Gasteiger partial charge in [0.15, 0.2) is 0 Å². The molecule has 10 nitrogen and oxygen atoms in total. The van der Waals surface area contributed by atoms with Gasteiger partial charge in [-0.3, -0.25) is 10.2 Å². The number of aromatic nitrogens is 2. The quantitative estimate of drug-likeness (QED) is 0.459. The molecule has 2 aliphatic heterocycles. The summed E-state index contributed by atoms with van der Waals surface area (Å²) in [4.78, 5) is 23.4. The van der Waals surface area contributed by atoms with Crippen molar-refractivity contribution < 1.29 is 23.4 Å². The van der Waals surface area contributed by atoms with Gasteiger partial charge in [-0.1, -0.05) is 6.07 Å². The molecule has 0 unspecified atom stereocenters. The molecule has 2 N–H and O–H groups in total. The van der Waals surface area contributed by atoms with Crippen molar-refractivity contribution in [2.24, 2.45) is 0 Å². The lowest BCUT2D eigenvalue weighted by atomic mass is 9.69. The number of nitrogens with zero attached hydrogens (tertiary/aromatic N) is 4. The van der Waals surface area contributed by atoms with Gasteiger partial charge < -0.3 is 19.5 Å². The second-order valence-electron chi connectivity index (χ2n) is 7.88. The molecule has 2 aromatic heterocycles. The number of methoxy groups -OCH3 is 3. The Morgan fingerprint density at radius 2 is 2.12 bits per heavy atom. The summed E-state index contributed by atoms with van der Waals surface area (Å²) >= 11 is 0. The van der Waals surface area contributed by atoms with Gasteiger partial charge in [0.2, 0.25) is 6.29 Å². The summed E-state index contributed by atoms with van der Waals surface area (Å²) in [5.74, 6) is 0.487. The molecule has 33 heavy (non-hydrogen) atoms. The van der Waals surface area contributed by atoms with Crippen LogP contribution in [-0.4, -0.2) is 56.5 Å². The first-order valence-electron chi connectivity index (χ1n) is 10.4. The van der Waals surface area contributed by atoms with Crippen LogP contribution in [0.1, 0.15) is 36.0 Å². The van der Waals surface area contributed by atoms with E-state index in [0.29, 0.717) is 35.7 Å². The fraction of sp³-hybridized carbons (Fsp3) is 0.455. The van der Waals surface area contributed by atoms with Crippen LogP contribution in [0.25, 0.3) is 0 Å². The molecular formula is C22H25FN6O4. The van der Waals surface area contributed by atoms with E-state index < -0.39 is 18.0 Å². The number of urea groups is 1. The van der Waals surface area contributed by atoms with E-state index in [1.807, 2.05) is 0 Å². The van der Waals surface area contributed by atoms with Crippen LogP contribution in [0.5, 0.6) is 0 Å². The van der Waals surface area contributed by atoms with Gasteiger partial charge >= 0.3 is 6.03 Å². The minimum Gasteiger partial charge on any atom is -0.383 e. The lowest BCUT2D eigenvalue weighted by Gasteiger charge is -2.52. The third-order valence-corrected chi connectivity index (χ3v) is 5.86. The first-order valence-corrected chi connectivity index (χ1v) is 10.4. The first kappa shape index (κ1) is 22.8. The smallest absolute Gasteiger partial charge is 0.328 e.